The van der Waals surface area contributed by atoms with Crippen LogP contribution in [-0.2, 0) is 6.54 Å². The first-order valence-corrected chi connectivity index (χ1v) is 6.81. The molecule has 0 saturated carbocycles. The van der Waals surface area contributed by atoms with Crippen molar-refractivity contribution in [1.82, 2.24) is 5.32 Å². The summed E-state index contributed by atoms with van der Waals surface area (Å²) in [4.78, 5) is 12.0. The lowest BCUT2D eigenvalue weighted by Crippen LogP contribution is -2.23. The lowest BCUT2D eigenvalue weighted by molar-refractivity contribution is 0.0951. The maximum absolute atomic E-state index is 12.0. The molecule has 0 aromatic heterocycles. The van der Waals surface area contributed by atoms with Crippen molar-refractivity contribution >= 4 is 39.1 Å². The second-order valence-corrected chi connectivity index (χ2v) is 5.34. The Labute approximate surface area is 124 Å². The van der Waals surface area contributed by atoms with E-state index in [4.69, 9.17) is 17.3 Å². The molecule has 2 rings (SSSR count). The van der Waals surface area contributed by atoms with Gasteiger partial charge in [-0.05, 0) is 29.8 Å². The molecule has 0 spiro atoms. The van der Waals surface area contributed by atoms with Gasteiger partial charge in [0.25, 0.3) is 5.91 Å². The largest absolute Gasteiger partial charge is 0.399 e. The lowest BCUT2D eigenvalue weighted by atomic mass is 10.1. The number of carbonyl (C=O) groups is 1. The van der Waals surface area contributed by atoms with Crippen LogP contribution in [0.1, 0.15) is 15.9 Å². The van der Waals surface area contributed by atoms with E-state index in [1.165, 1.54) is 0 Å². The monoisotopic (exact) mass is 338 g/mol. The molecule has 0 radical (unpaired) electrons. The van der Waals surface area contributed by atoms with Gasteiger partial charge in [-0.25, -0.2) is 0 Å². The van der Waals surface area contributed by atoms with Crippen LogP contribution in [0.2, 0.25) is 5.02 Å². The molecule has 3 N–H and O–H groups in total. The van der Waals surface area contributed by atoms with E-state index in [-0.39, 0.29) is 5.91 Å². The van der Waals surface area contributed by atoms with E-state index in [0.29, 0.717) is 22.8 Å². The molecule has 5 heteroatoms. The first-order valence-electron chi connectivity index (χ1n) is 5.64. The van der Waals surface area contributed by atoms with Crippen molar-refractivity contribution in [3.63, 3.8) is 0 Å². The van der Waals surface area contributed by atoms with Gasteiger partial charge in [0, 0.05) is 27.3 Å². The number of carbonyl (C=O) groups excluding carboxylic acids is 1. The van der Waals surface area contributed by atoms with Crippen LogP contribution in [0.5, 0.6) is 0 Å². The predicted octanol–water partition coefficient (Wildman–Crippen LogP) is 3.61. The highest BCUT2D eigenvalue weighted by atomic mass is 79.9. The molecule has 19 heavy (non-hydrogen) atoms. The normalized spacial score (nSPS) is 10.2. The second-order valence-electron chi connectivity index (χ2n) is 4.05. The fraction of sp³-hybridized carbons (Fsp3) is 0.0714. The van der Waals surface area contributed by atoms with Crippen LogP contribution < -0.4 is 11.1 Å². The first kappa shape index (κ1) is 13.9. The maximum Gasteiger partial charge on any atom is 0.251 e. The fourth-order valence-corrected chi connectivity index (χ4v) is 2.33. The van der Waals surface area contributed by atoms with Gasteiger partial charge >= 0.3 is 0 Å². The zero-order valence-electron chi connectivity index (χ0n) is 9.99. The van der Waals surface area contributed by atoms with Crippen LogP contribution >= 0.6 is 27.5 Å². The Kier molecular flexibility index (Phi) is 4.45. The molecule has 2 aromatic rings. The molecule has 0 unspecified atom stereocenters. The van der Waals surface area contributed by atoms with Gasteiger partial charge in [-0.15, -0.1) is 0 Å². The van der Waals surface area contributed by atoms with E-state index in [0.717, 1.165) is 10.0 Å². The fourth-order valence-electron chi connectivity index (χ4n) is 1.66. The van der Waals surface area contributed by atoms with Crippen LogP contribution in [0.4, 0.5) is 5.69 Å². The minimum Gasteiger partial charge on any atom is -0.399 e. The van der Waals surface area contributed by atoms with Crippen molar-refractivity contribution in [1.29, 1.82) is 0 Å². The molecule has 1 amide bonds. The summed E-state index contributed by atoms with van der Waals surface area (Å²) >= 11 is 9.30. The Bertz CT molecular complexity index is 596. The maximum atomic E-state index is 12.0. The molecule has 0 fully saturated rings. The Morgan fingerprint density at radius 1 is 1.26 bits per heavy atom. The highest BCUT2D eigenvalue weighted by molar-refractivity contribution is 9.10. The van der Waals surface area contributed by atoms with E-state index < -0.39 is 0 Å². The third kappa shape index (κ3) is 3.72. The highest BCUT2D eigenvalue weighted by Gasteiger charge is 2.08. The SMILES string of the molecule is Nc1cc(Cl)cc(C(=O)NCc2ccccc2Br)c1. The van der Waals surface area contributed by atoms with Crippen LogP contribution in [0.25, 0.3) is 0 Å². The molecule has 0 aliphatic heterocycles. The summed E-state index contributed by atoms with van der Waals surface area (Å²) in [7, 11) is 0. The zero-order chi connectivity index (χ0) is 13.8. The molecule has 3 nitrogen and oxygen atoms in total. The number of hydrogen-bond donors (Lipinski definition) is 2. The zero-order valence-corrected chi connectivity index (χ0v) is 12.3. The average Bonchev–Trinajstić information content (AvgIpc) is 2.36. The standard InChI is InChI=1S/C14H12BrClN2O/c15-13-4-2-1-3-9(13)8-18-14(19)10-5-11(16)7-12(17)6-10/h1-7H,8,17H2,(H,18,19). The summed E-state index contributed by atoms with van der Waals surface area (Å²) in [5, 5.41) is 3.28. The van der Waals surface area contributed by atoms with Gasteiger partial charge in [-0.1, -0.05) is 45.7 Å². The lowest BCUT2D eigenvalue weighted by Gasteiger charge is -2.08. The smallest absolute Gasteiger partial charge is 0.251 e. The van der Waals surface area contributed by atoms with Crippen molar-refractivity contribution in [2.45, 2.75) is 6.54 Å². The van der Waals surface area contributed by atoms with Crippen molar-refractivity contribution in [2.75, 3.05) is 5.73 Å². The molecule has 0 saturated heterocycles. The summed E-state index contributed by atoms with van der Waals surface area (Å²) in [6.07, 6.45) is 0. The van der Waals surface area contributed by atoms with Crippen LogP contribution in [0.3, 0.4) is 0 Å². The van der Waals surface area contributed by atoms with E-state index in [1.54, 1.807) is 18.2 Å². The molecule has 98 valence electrons. The summed E-state index contributed by atoms with van der Waals surface area (Å²) in [5.74, 6) is -0.204. The third-order valence-corrected chi connectivity index (χ3v) is 3.57. The first-order chi connectivity index (χ1) is 9.06. The number of anilines is 1. The number of nitrogens with one attached hydrogen (secondary N) is 1. The van der Waals surface area contributed by atoms with E-state index in [9.17, 15) is 4.79 Å². The molecule has 2 aromatic carbocycles. The van der Waals surface area contributed by atoms with Crippen molar-refractivity contribution in [3.8, 4) is 0 Å². The summed E-state index contributed by atoms with van der Waals surface area (Å²) < 4.78 is 0.959. The summed E-state index contributed by atoms with van der Waals surface area (Å²) in [5.41, 5.74) is 7.59. The number of halogens is 2. The van der Waals surface area contributed by atoms with Gasteiger partial charge in [0.2, 0.25) is 0 Å². The Hall–Kier alpha value is -1.52. The van der Waals surface area contributed by atoms with E-state index >= 15 is 0 Å². The number of nitrogens with two attached hydrogens (primary N) is 1. The number of hydrogen-bond acceptors (Lipinski definition) is 2. The minimum absolute atomic E-state index is 0.204. The van der Waals surface area contributed by atoms with E-state index in [1.807, 2.05) is 24.3 Å². The van der Waals surface area contributed by atoms with Gasteiger partial charge < -0.3 is 11.1 Å². The molecule has 0 aliphatic rings. The van der Waals surface area contributed by atoms with Gasteiger partial charge in [0.1, 0.15) is 0 Å². The topological polar surface area (TPSA) is 55.1 Å². The predicted molar refractivity (Wildman–Crippen MR) is 81.2 cm³/mol. The molecule has 0 heterocycles. The average molecular weight is 340 g/mol. The number of benzene rings is 2. The Balaban J connectivity index is 2.08. The van der Waals surface area contributed by atoms with Gasteiger partial charge in [0.05, 0.1) is 0 Å². The van der Waals surface area contributed by atoms with Crippen LogP contribution in [-0.4, -0.2) is 5.91 Å². The summed E-state index contributed by atoms with van der Waals surface area (Å²) in [6, 6.07) is 12.5. The van der Waals surface area contributed by atoms with Crippen LogP contribution in [0.15, 0.2) is 46.9 Å². The Morgan fingerprint density at radius 3 is 2.68 bits per heavy atom. The molecular formula is C14H12BrClN2O. The van der Waals surface area contributed by atoms with Crippen molar-refractivity contribution < 1.29 is 4.79 Å². The third-order valence-electron chi connectivity index (χ3n) is 2.58. The van der Waals surface area contributed by atoms with Crippen molar-refractivity contribution in [3.05, 3.63) is 63.1 Å². The highest BCUT2D eigenvalue weighted by Crippen LogP contribution is 2.18. The summed E-state index contributed by atoms with van der Waals surface area (Å²) in [6.45, 7) is 0.437. The van der Waals surface area contributed by atoms with Crippen LogP contribution in [0, 0.1) is 0 Å². The quantitative estimate of drug-likeness (QED) is 0.839. The molecule has 0 aliphatic carbocycles. The van der Waals surface area contributed by atoms with Crippen molar-refractivity contribution in [2.24, 2.45) is 0 Å². The van der Waals surface area contributed by atoms with Gasteiger partial charge in [-0.3, -0.25) is 4.79 Å². The molecule has 0 bridgehead atoms. The number of rotatable bonds is 3. The minimum atomic E-state index is -0.204. The molecule has 0 atom stereocenters. The second kappa shape index (κ2) is 6.08. The van der Waals surface area contributed by atoms with E-state index in [2.05, 4.69) is 21.2 Å². The Morgan fingerprint density at radius 2 is 2.00 bits per heavy atom. The van der Waals surface area contributed by atoms with Gasteiger partial charge in [0.15, 0.2) is 0 Å². The van der Waals surface area contributed by atoms with Gasteiger partial charge in [-0.2, -0.15) is 0 Å². The number of nitrogen functional groups attached to an aromatic ring is 1. The molecular weight excluding hydrogens is 328 g/mol. The number of amides is 1.